The topological polar surface area (TPSA) is 35.2 Å². The van der Waals surface area contributed by atoms with Gasteiger partial charge in [0.05, 0.1) is 6.54 Å². The molecule has 0 fully saturated rings. The third-order valence-corrected chi connectivity index (χ3v) is 3.00. The number of benzene rings is 2. The summed E-state index contributed by atoms with van der Waals surface area (Å²) in [5.41, 5.74) is 8.74. The first-order valence-corrected chi connectivity index (χ1v) is 6.81. The Morgan fingerprint density at radius 2 is 1.85 bits per heavy atom. The highest BCUT2D eigenvalue weighted by Gasteiger charge is 1.97. The van der Waals surface area contributed by atoms with Gasteiger partial charge in [0.2, 0.25) is 0 Å². The van der Waals surface area contributed by atoms with Crippen LogP contribution in [0.1, 0.15) is 23.6 Å². The van der Waals surface area contributed by atoms with Gasteiger partial charge in [0, 0.05) is 5.56 Å². The van der Waals surface area contributed by atoms with Crippen molar-refractivity contribution < 1.29 is 4.74 Å². The van der Waals surface area contributed by atoms with Gasteiger partial charge in [-0.1, -0.05) is 43.0 Å². The van der Waals surface area contributed by atoms with Gasteiger partial charge in [-0.25, -0.2) is 0 Å². The molecule has 0 aliphatic carbocycles. The molecule has 2 aromatic carbocycles. The zero-order valence-corrected chi connectivity index (χ0v) is 11.7. The molecule has 0 aliphatic rings. The molecule has 20 heavy (non-hydrogen) atoms. The second-order valence-corrected chi connectivity index (χ2v) is 4.49. The van der Waals surface area contributed by atoms with Crippen LogP contribution in [-0.2, 0) is 13.0 Å². The third kappa shape index (κ3) is 4.15. The van der Waals surface area contributed by atoms with Crippen LogP contribution < -0.4 is 10.5 Å². The van der Waals surface area contributed by atoms with E-state index in [-0.39, 0.29) is 0 Å². The maximum absolute atomic E-state index is 5.80. The Morgan fingerprint density at radius 3 is 2.55 bits per heavy atom. The molecule has 0 saturated carbocycles. The molecule has 2 heteroatoms. The van der Waals surface area contributed by atoms with E-state index in [1.807, 2.05) is 36.4 Å². The number of aryl methyl sites for hydroxylation is 1. The van der Waals surface area contributed by atoms with E-state index in [9.17, 15) is 0 Å². The van der Waals surface area contributed by atoms with Gasteiger partial charge in [0.1, 0.15) is 12.4 Å². The van der Waals surface area contributed by atoms with E-state index in [4.69, 9.17) is 10.5 Å². The maximum Gasteiger partial charge on any atom is 0.120 e. The van der Waals surface area contributed by atoms with Crippen molar-refractivity contribution in [2.24, 2.45) is 5.73 Å². The average Bonchev–Trinajstić information content (AvgIpc) is 2.52. The summed E-state index contributed by atoms with van der Waals surface area (Å²) < 4.78 is 5.80. The molecule has 0 atom stereocenters. The van der Waals surface area contributed by atoms with E-state index < -0.39 is 0 Å². The molecule has 2 rings (SSSR count). The van der Waals surface area contributed by atoms with Gasteiger partial charge in [-0.15, -0.1) is 0 Å². The molecule has 0 heterocycles. The summed E-state index contributed by atoms with van der Waals surface area (Å²) in [5.74, 6) is 6.76. The van der Waals surface area contributed by atoms with E-state index in [0.29, 0.717) is 13.2 Å². The highest BCUT2D eigenvalue weighted by Crippen LogP contribution is 2.15. The second-order valence-electron chi connectivity index (χ2n) is 4.49. The van der Waals surface area contributed by atoms with E-state index in [1.165, 1.54) is 5.56 Å². The smallest absolute Gasteiger partial charge is 0.120 e. The maximum atomic E-state index is 5.80. The minimum Gasteiger partial charge on any atom is -0.489 e. The molecule has 2 N–H and O–H groups in total. The molecule has 0 amide bonds. The first-order chi connectivity index (χ1) is 9.81. The van der Waals surface area contributed by atoms with Crippen molar-refractivity contribution in [2.75, 3.05) is 6.54 Å². The van der Waals surface area contributed by atoms with Gasteiger partial charge in [0.25, 0.3) is 0 Å². The van der Waals surface area contributed by atoms with Gasteiger partial charge in [-0.3, -0.25) is 0 Å². The molecule has 0 spiro atoms. The largest absolute Gasteiger partial charge is 0.489 e. The SMILES string of the molecule is CCc1cccc(OCc2ccc(C#CCN)cc2)c1. The summed E-state index contributed by atoms with van der Waals surface area (Å²) in [5, 5.41) is 0. The third-order valence-electron chi connectivity index (χ3n) is 3.00. The number of hydrogen-bond acceptors (Lipinski definition) is 2. The van der Waals surface area contributed by atoms with Crippen LogP contribution in [0.3, 0.4) is 0 Å². The first-order valence-electron chi connectivity index (χ1n) is 6.81. The van der Waals surface area contributed by atoms with Gasteiger partial charge in [-0.05, 0) is 41.8 Å². The highest BCUT2D eigenvalue weighted by atomic mass is 16.5. The van der Waals surface area contributed by atoms with Crippen LogP contribution in [0.4, 0.5) is 0 Å². The monoisotopic (exact) mass is 265 g/mol. The number of nitrogens with two attached hydrogens (primary N) is 1. The Bertz CT molecular complexity index is 605. The second kappa shape index (κ2) is 7.37. The van der Waals surface area contributed by atoms with Crippen LogP contribution in [0.25, 0.3) is 0 Å². The fraction of sp³-hybridized carbons (Fsp3) is 0.222. The standard InChI is InChI=1S/C18H19NO/c1-2-15-5-3-7-18(13-15)20-14-17-10-8-16(9-11-17)6-4-12-19/h3,5,7-11,13H,2,12,14,19H2,1H3. The Balaban J connectivity index is 1.96. The minimum absolute atomic E-state index is 0.388. The van der Waals surface area contributed by atoms with E-state index in [2.05, 4.69) is 30.9 Å². The molecular formula is C18H19NO. The zero-order chi connectivity index (χ0) is 14.2. The molecule has 2 aromatic rings. The lowest BCUT2D eigenvalue weighted by Crippen LogP contribution is -1.96. The Morgan fingerprint density at radius 1 is 1.05 bits per heavy atom. The molecule has 0 saturated heterocycles. The van der Waals surface area contributed by atoms with Gasteiger partial charge < -0.3 is 10.5 Å². The van der Waals surface area contributed by atoms with Crippen molar-refractivity contribution in [3.8, 4) is 17.6 Å². The Hall–Kier alpha value is -2.24. The molecule has 2 nitrogen and oxygen atoms in total. The molecule has 102 valence electrons. The molecule has 0 aliphatic heterocycles. The predicted molar refractivity (Wildman–Crippen MR) is 82.5 cm³/mol. The summed E-state index contributed by atoms with van der Waals surface area (Å²) >= 11 is 0. The van der Waals surface area contributed by atoms with Crippen molar-refractivity contribution in [3.05, 3.63) is 65.2 Å². The van der Waals surface area contributed by atoms with Crippen LogP contribution in [-0.4, -0.2) is 6.54 Å². The number of ether oxygens (including phenoxy) is 1. The minimum atomic E-state index is 0.388. The van der Waals surface area contributed by atoms with E-state index >= 15 is 0 Å². The molecule has 0 radical (unpaired) electrons. The van der Waals surface area contributed by atoms with Crippen molar-refractivity contribution in [2.45, 2.75) is 20.0 Å². The van der Waals surface area contributed by atoms with E-state index in [1.54, 1.807) is 0 Å². The van der Waals surface area contributed by atoms with Crippen molar-refractivity contribution in [3.63, 3.8) is 0 Å². The van der Waals surface area contributed by atoms with Gasteiger partial charge >= 0.3 is 0 Å². The summed E-state index contributed by atoms with van der Waals surface area (Å²) in [6, 6.07) is 16.3. The summed E-state index contributed by atoms with van der Waals surface area (Å²) in [4.78, 5) is 0. The van der Waals surface area contributed by atoms with Crippen LogP contribution in [0.2, 0.25) is 0 Å². The normalized spacial score (nSPS) is 9.70. The zero-order valence-electron chi connectivity index (χ0n) is 11.7. The van der Waals surface area contributed by atoms with Crippen molar-refractivity contribution in [1.29, 1.82) is 0 Å². The lowest BCUT2D eigenvalue weighted by Gasteiger charge is -2.07. The summed E-state index contributed by atoms with van der Waals surface area (Å²) in [6.07, 6.45) is 1.02. The van der Waals surface area contributed by atoms with E-state index in [0.717, 1.165) is 23.3 Å². The molecule has 0 aromatic heterocycles. The van der Waals surface area contributed by atoms with Crippen LogP contribution in [0, 0.1) is 11.8 Å². The Kier molecular flexibility index (Phi) is 5.23. The number of hydrogen-bond donors (Lipinski definition) is 1. The molecule has 0 unspecified atom stereocenters. The van der Waals surface area contributed by atoms with Gasteiger partial charge in [0.15, 0.2) is 0 Å². The predicted octanol–water partition coefficient (Wildman–Crippen LogP) is 3.14. The average molecular weight is 265 g/mol. The first kappa shape index (κ1) is 14.2. The lowest BCUT2D eigenvalue weighted by atomic mass is 10.1. The quantitative estimate of drug-likeness (QED) is 0.862. The van der Waals surface area contributed by atoms with Crippen LogP contribution in [0.5, 0.6) is 5.75 Å². The van der Waals surface area contributed by atoms with Gasteiger partial charge in [-0.2, -0.15) is 0 Å². The van der Waals surface area contributed by atoms with Crippen molar-refractivity contribution in [1.82, 2.24) is 0 Å². The Labute approximate surface area is 120 Å². The fourth-order valence-corrected chi connectivity index (χ4v) is 1.86. The lowest BCUT2D eigenvalue weighted by molar-refractivity contribution is 0.306. The summed E-state index contributed by atoms with van der Waals surface area (Å²) in [7, 11) is 0. The fourth-order valence-electron chi connectivity index (χ4n) is 1.86. The van der Waals surface area contributed by atoms with Crippen LogP contribution >= 0.6 is 0 Å². The van der Waals surface area contributed by atoms with Crippen molar-refractivity contribution >= 4 is 0 Å². The van der Waals surface area contributed by atoms with Crippen LogP contribution in [0.15, 0.2) is 48.5 Å². The highest BCUT2D eigenvalue weighted by molar-refractivity contribution is 5.36. The summed E-state index contributed by atoms with van der Waals surface area (Å²) in [6.45, 7) is 3.09. The molecule has 0 bridgehead atoms. The number of rotatable bonds is 4. The molecular weight excluding hydrogens is 246 g/mol.